The number of nitrogens with zero attached hydrogens (tertiary/aromatic N) is 1. The molecule has 1 aliphatic heterocycles. The van der Waals surface area contributed by atoms with Crippen molar-refractivity contribution in [3.63, 3.8) is 0 Å². The van der Waals surface area contributed by atoms with Crippen molar-refractivity contribution in [2.45, 2.75) is 25.9 Å². The molecule has 0 bridgehead atoms. The Balaban J connectivity index is 1.85. The van der Waals surface area contributed by atoms with Crippen LogP contribution in [0.25, 0.3) is 0 Å². The Bertz CT molecular complexity index is 406. The number of benzene rings is 1. The Labute approximate surface area is 128 Å². The second-order valence-corrected chi connectivity index (χ2v) is 5.83. The lowest BCUT2D eigenvalue weighted by Gasteiger charge is -2.34. The summed E-state index contributed by atoms with van der Waals surface area (Å²) in [5.41, 5.74) is 1.31. The van der Waals surface area contributed by atoms with Crippen LogP contribution >= 0.6 is 0 Å². The third-order valence-electron chi connectivity index (χ3n) is 4.10. The van der Waals surface area contributed by atoms with Crippen molar-refractivity contribution in [3.05, 3.63) is 29.8 Å². The average molecular weight is 292 g/mol. The standard InChI is InChI=1S/C17H28N2O2/c1-4-18-17-9-10-21-13-15(17)12-19(2)11-14-5-7-16(20-3)8-6-14/h5-8,15,17-18H,4,9-13H2,1-3H3. The molecule has 1 aromatic carbocycles. The summed E-state index contributed by atoms with van der Waals surface area (Å²) in [6.07, 6.45) is 1.12. The molecule has 0 spiro atoms. The number of rotatable bonds is 7. The largest absolute Gasteiger partial charge is 0.497 e. The Hall–Kier alpha value is -1.10. The number of hydrogen-bond acceptors (Lipinski definition) is 4. The number of nitrogens with one attached hydrogen (secondary N) is 1. The first-order valence-corrected chi connectivity index (χ1v) is 7.85. The molecular formula is C17H28N2O2. The van der Waals surface area contributed by atoms with E-state index in [0.29, 0.717) is 12.0 Å². The fourth-order valence-electron chi connectivity index (χ4n) is 3.02. The molecule has 0 radical (unpaired) electrons. The van der Waals surface area contributed by atoms with E-state index in [1.54, 1.807) is 7.11 Å². The Morgan fingerprint density at radius 1 is 1.33 bits per heavy atom. The van der Waals surface area contributed by atoms with E-state index >= 15 is 0 Å². The quantitative estimate of drug-likeness (QED) is 0.835. The molecule has 2 rings (SSSR count). The van der Waals surface area contributed by atoms with Gasteiger partial charge < -0.3 is 19.7 Å². The van der Waals surface area contributed by atoms with E-state index in [0.717, 1.165) is 45.0 Å². The Kier molecular flexibility index (Phi) is 6.49. The molecule has 21 heavy (non-hydrogen) atoms. The topological polar surface area (TPSA) is 33.7 Å². The molecule has 1 aromatic rings. The summed E-state index contributed by atoms with van der Waals surface area (Å²) >= 11 is 0. The van der Waals surface area contributed by atoms with Gasteiger partial charge in [-0.1, -0.05) is 19.1 Å². The lowest BCUT2D eigenvalue weighted by Crippen LogP contribution is -2.47. The summed E-state index contributed by atoms with van der Waals surface area (Å²) in [6, 6.07) is 8.90. The predicted octanol–water partition coefficient (Wildman–Crippen LogP) is 2.14. The third kappa shape index (κ3) is 4.99. The van der Waals surface area contributed by atoms with Crippen LogP contribution in [0.5, 0.6) is 5.75 Å². The fraction of sp³-hybridized carbons (Fsp3) is 0.647. The second kappa shape index (κ2) is 8.37. The second-order valence-electron chi connectivity index (χ2n) is 5.83. The number of ether oxygens (including phenoxy) is 2. The van der Waals surface area contributed by atoms with Gasteiger partial charge in [0, 0.05) is 31.7 Å². The van der Waals surface area contributed by atoms with Crippen molar-refractivity contribution in [1.82, 2.24) is 10.2 Å². The maximum atomic E-state index is 5.66. The van der Waals surface area contributed by atoms with E-state index in [-0.39, 0.29) is 0 Å². The van der Waals surface area contributed by atoms with Gasteiger partial charge in [0.1, 0.15) is 5.75 Å². The van der Waals surface area contributed by atoms with E-state index < -0.39 is 0 Å². The first-order chi connectivity index (χ1) is 10.2. The zero-order valence-electron chi connectivity index (χ0n) is 13.5. The molecule has 1 saturated heterocycles. The highest BCUT2D eigenvalue weighted by molar-refractivity contribution is 5.27. The molecule has 118 valence electrons. The lowest BCUT2D eigenvalue weighted by molar-refractivity contribution is 0.0193. The molecule has 1 heterocycles. The minimum Gasteiger partial charge on any atom is -0.497 e. The van der Waals surface area contributed by atoms with Crippen molar-refractivity contribution >= 4 is 0 Å². The molecule has 2 atom stereocenters. The van der Waals surface area contributed by atoms with E-state index in [1.807, 2.05) is 12.1 Å². The van der Waals surface area contributed by atoms with Crippen LogP contribution in [0, 0.1) is 5.92 Å². The van der Waals surface area contributed by atoms with Crippen molar-refractivity contribution < 1.29 is 9.47 Å². The normalized spacial score (nSPS) is 22.5. The SMILES string of the molecule is CCNC1CCOCC1CN(C)Cc1ccc(OC)cc1. The summed E-state index contributed by atoms with van der Waals surface area (Å²) in [7, 11) is 3.88. The first-order valence-electron chi connectivity index (χ1n) is 7.85. The smallest absolute Gasteiger partial charge is 0.118 e. The molecule has 0 aliphatic carbocycles. The molecule has 1 aliphatic rings. The zero-order valence-corrected chi connectivity index (χ0v) is 13.5. The van der Waals surface area contributed by atoms with Gasteiger partial charge in [0.05, 0.1) is 13.7 Å². The van der Waals surface area contributed by atoms with Gasteiger partial charge >= 0.3 is 0 Å². The van der Waals surface area contributed by atoms with Crippen molar-refractivity contribution in [2.24, 2.45) is 5.92 Å². The van der Waals surface area contributed by atoms with Crippen molar-refractivity contribution in [1.29, 1.82) is 0 Å². The van der Waals surface area contributed by atoms with Gasteiger partial charge in [0.25, 0.3) is 0 Å². The maximum Gasteiger partial charge on any atom is 0.118 e. The summed E-state index contributed by atoms with van der Waals surface area (Å²) < 4.78 is 10.9. The molecule has 1 N–H and O–H groups in total. The fourth-order valence-corrected chi connectivity index (χ4v) is 3.02. The highest BCUT2D eigenvalue weighted by Crippen LogP contribution is 2.18. The maximum absolute atomic E-state index is 5.66. The zero-order chi connectivity index (χ0) is 15.1. The van der Waals surface area contributed by atoms with Crippen LogP contribution in [0.4, 0.5) is 0 Å². The first kappa shape index (κ1) is 16.3. The van der Waals surface area contributed by atoms with E-state index in [9.17, 15) is 0 Å². The van der Waals surface area contributed by atoms with Gasteiger partial charge in [-0.15, -0.1) is 0 Å². The Morgan fingerprint density at radius 3 is 2.76 bits per heavy atom. The van der Waals surface area contributed by atoms with Gasteiger partial charge in [-0.25, -0.2) is 0 Å². The molecular weight excluding hydrogens is 264 g/mol. The molecule has 4 heteroatoms. The van der Waals surface area contributed by atoms with Crippen LogP contribution in [0.1, 0.15) is 18.9 Å². The lowest BCUT2D eigenvalue weighted by atomic mass is 9.95. The van der Waals surface area contributed by atoms with Gasteiger partial charge in [-0.2, -0.15) is 0 Å². The third-order valence-corrected chi connectivity index (χ3v) is 4.10. The Morgan fingerprint density at radius 2 is 2.10 bits per heavy atom. The van der Waals surface area contributed by atoms with Crippen molar-refractivity contribution in [3.8, 4) is 5.75 Å². The van der Waals surface area contributed by atoms with Crippen LogP contribution in [-0.2, 0) is 11.3 Å². The van der Waals surface area contributed by atoms with Gasteiger partial charge in [-0.05, 0) is 37.7 Å². The van der Waals surface area contributed by atoms with E-state index in [4.69, 9.17) is 9.47 Å². The average Bonchev–Trinajstić information content (AvgIpc) is 2.50. The number of methoxy groups -OCH3 is 1. The molecule has 1 fully saturated rings. The summed E-state index contributed by atoms with van der Waals surface area (Å²) in [5, 5.41) is 3.60. The molecule has 4 nitrogen and oxygen atoms in total. The number of hydrogen-bond donors (Lipinski definition) is 1. The van der Waals surface area contributed by atoms with Gasteiger partial charge in [0.2, 0.25) is 0 Å². The predicted molar refractivity (Wildman–Crippen MR) is 85.7 cm³/mol. The minimum absolute atomic E-state index is 0.571. The van der Waals surface area contributed by atoms with E-state index in [2.05, 4.69) is 36.3 Å². The summed E-state index contributed by atoms with van der Waals surface area (Å²) in [6.45, 7) is 6.97. The molecule has 0 amide bonds. The van der Waals surface area contributed by atoms with Crippen molar-refractivity contribution in [2.75, 3.05) is 40.5 Å². The highest BCUT2D eigenvalue weighted by atomic mass is 16.5. The van der Waals surface area contributed by atoms with Crippen LogP contribution < -0.4 is 10.1 Å². The summed E-state index contributed by atoms with van der Waals surface area (Å²) in [5.74, 6) is 1.48. The monoisotopic (exact) mass is 292 g/mol. The molecule has 2 unspecified atom stereocenters. The van der Waals surface area contributed by atoms with Gasteiger partial charge in [0.15, 0.2) is 0 Å². The summed E-state index contributed by atoms with van der Waals surface area (Å²) in [4.78, 5) is 2.38. The highest BCUT2D eigenvalue weighted by Gasteiger charge is 2.25. The van der Waals surface area contributed by atoms with Crippen LogP contribution in [-0.4, -0.2) is 51.4 Å². The van der Waals surface area contributed by atoms with Crippen LogP contribution in [0.3, 0.4) is 0 Å². The van der Waals surface area contributed by atoms with E-state index in [1.165, 1.54) is 5.56 Å². The minimum atomic E-state index is 0.571. The molecule has 0 saturated carbocycles. The van der Waals surface area contributed by atoms with Crippen LogP contribution in [0.2, 0.25) is 0 Å². The van der Waals surface area contributed by atoms with Gasteiger partial charge in [-0.3, -0.25) is 0 Å². The molecule has 0 aromatic heterocycles. The van der Waals surface area contributed by atoms with Crippen LogP contribution in [0.15, 0.2) is 24.3 Å².